The average molecular weight is 426 g/mol. The van der Waals surface area contributed by atoms with Gasteiger partial charge in [-0.15, -0.1) is 0 Å². The maximum Gasteiger partial charge on any atom is 0.0548 e. The Morgan fingerprint density at radius 3 is 1.38 bits per heavy atom. The van der Waals surface area contributed by atoms with Gasteiger partial charge in [-0.25, -0.2) is 0 Å². The smallest absolute Gasteiger partial charge is 0.0548 e. The number of nitrogens with zero attached hydrogens (tertiary/aromatic N) is 3. The summed E-state index contributed by atoms with van der Waals surface area (Å²) in [5.74, 6) is 1.75. The minimum absolute atomic E-state index is 0.877. The maximum absolute atomic E-state index is 5.11. The molecule has 5 rings (SSSR count). The van der Waals surface area contributed by atoms with Crippen LogP contribution >= 0.6 is 0 Å². The van der Waals surface area contributed by atoms with Gasteiger partial charge in [0, 0.05) is 39.3 Å². The zero-order valence-electron chi connectivity index (χ0n) is 19.1. The van der Waals surface area contributed by atoms with Crippen molar-refractivity contribution in [1.29, 1.82) is 0 Å². The first-order valence-electron chi connectivity index (χ1n) is 12.3. The van der Waals surface area contributed by atoms with Crippen molar-refractivity contribution in [1.82, 2.24) is 14.8 Å². The number of aromatic nitrogens is 1. The second-order valence-corrected chi connectivity index (χ2v) is 9.82. The summed E-state index contributed by atoms with van der Waals surface area (Å²) in [6.07, 6.45) is 5.53. The topological polar surface area (TPSA) is 19.4 Å². The van der Waals surface area contributed by atoms with Crippen LogP contribution in [0.1, 0.15) is 48.2 Å². The standard InChI is InChI=1S/C29H35N3/c1-3-8-24(9-4-1)18-31(20-26-14-15-26)22-28-12-7-13-29(30-28)23-32(21-27-16-17-27)19-25-10-5-2-6-11-25/h1-13,26-27H,14-23H2. The van der Waals surface area contributed by atoms with Crippen LogP contribution in [0.15, 0.2) is 78.9 Å². The summed E-state index contributed by atoms with van der Waals surface area (Å²) >= 11 is 0. The molecule has 0 aliphatic heterocycles. The quantitative estimate of drug-likeness (QED) is 0.360. The van der Waals surface area contributed by atoms with Crippen LogP contribution in [0.25, 0.3) is 0 Å². The molecule has 3 aromatic rings. The first kappa shape index (κ1) is 21.4. The van der Waals surface area contributed by atoms with Gasteiger partial charge in [0.15, 0.2) is 0 Å². The van der Waals surface area contributed by atoms with E-state index in [1.165, 1.54) is 61.3 Å². The van der Waals surface area contributed by atoms with Crippen LogP contribution < -0.4 is 0 Å². The van der Waals surface area contributed by atoms with Crippen molar-refractivity contribution in [3.63, 3.8) is 0 Å². The van der Waals surface area contributed by atoms with E-state index in [9.17, 15) is 0 Å². The lowest BCUT2D eigenvalue weighted by atomic mass is 10.2. The van der Waals surface area contributed by atoms with E-state index in [2.05, 4.69) is 88.7 Å². The SMILES string of the molecule is c1ccc(CN(Cc2cccc(CN(Cc3ccccc3)CC3CC3)n2)CC2CC2)cc1. The summed E-state index contributed by atoms with van der Waals surface area (Å²) < 4.78 is 0. The zero-order valence-corrected chi connectivity index (χ0v) is 19.1. The Hall–Kier alpha value is -2.49. The second-order valence-electron chi connectivity index (χ2n) is 9.82. The molecule has 0 bridgehead atoms. The first-order chi connectivity index (χ1) is 15.8. The van der Waals surface area contributed by atoms with Gasteiger partial charge in [-0.1, -0.05) is 66.7 Å². The predicted molar refractivity (Wildman–Crippen MR) is 131 cm³/mol. The fourth-order valence-electron chi connectivity index (χ4n) is 4.55. The van der Waals surface area contributed by atoms with E-state index in [0.717, 1.165) is 38.0 Å². The molecule has 0 unspecified atom stereocenters. The highest BCUT2D eigenvalue weighted by Crippen LogP contribution is 2.31. The minimum atomic E-state index is 0.877. The van der Waals surface area contributed by atoms with E-state index in [1.54, 1.807) is 0 Å². The van der Waals surface area contributed by atoms with Gasteiger partial charge in [0.1, 0.15) is 0 Å². The normalized spacial score (nSPS) is 16.1. The van der Waals surface area contributed by atoms with Crippen molar-refractivity contribution in [3.05, 3.63) is 101 Å². The third kappa shape index (κ3) is 6.75. The monoisotopic (exact) mass is 425 g/mol. The highest BCUT2D eigenvalue weighted by atomic mass is 15.1. The Balaban J connectivity index is 1.25. The number of hydrogen-bond acceptors (Lipinski definition) is 3. The lowest BCUT2D eigenvalue weighted by Gasteiger charge is -2.24. The molecule has 1 aromatic heterocycles. The van der Waals surface area contributed by atoms with Gasteiger partial charge in [0.05, 0.1) is 11.4 Å². The molecule has 0 spiro atoms. The van der Waals surface area contributed by atoms with Gasteiger partial charge >= 0.3 is 0 Å². The van der Waals surface area contributed by atoms with Crippen molar-refractivity contribution in [2.75, 3.05) is 13.1 Å². The van der Waals surface area contributed by atoms with Crippen LogP contribution in [-0.2, 0) is 26.2 Å². The molecule has 2 fully saturated rings. The average Bonchev–Trinajstić information content (AvgIpc) is 3.73. The molecule has 0 amide bonds. The summed E-state index contributed by atoms with van der Waals surface area (Å²) in [7, 11) is 0. The molecule has 0 saturated heterocycles. The van der Waals surface area contributed by atoms with Gasteiger partial charge in [0.2, 0.25) is 0 Å². The molecular formula is C29H35N3. The van der Waals surface area contributed by atoms with Crippen molar-refractivity contribution >= 4 is 0 Å². The molecule has 32 heavy (non-hydrogen) atoms. The van der Waals surface area contributed by atoms with E-state index in [0.29, 0.717) is 0 Å². The van der Waals surface area contributed by atoms with Gasteiger partial charge in [0.25, 0.3) is 0 Å². The molecular weight excluding hydrogens is 390 g/mol. The molecule has 1 heterocycles. The van der Waals surface area contributed by atoms with Crippen LogP contribution in [0.3, 0.4) is 0 Å². The van der Waals surface area contributed by atoms with E-state index < -0.39 is 0 Å². The Labute approximate surface area is 193 Å². The van der Waals surface area contributed by atoms with Crippen LogP contribution in [0, 0.1) is 11.8 Å². The summed E-state index contributed by atoms with van der Waals surface area (Å²) in [6, 6.07) is 28.3. The van der Waals surface area contributed by atoms with E-state index >= 15 is 0 Å². The number of benzene rings is 2. The van der Waals surface area contributed by atoms with Crippen molar-refractivity contribution < 1.29 is 0 Å². The molecule has 3 heteroatoms. The summed E-state index contributed by atoms with van der Waals surface area (Å²) in [5.41, 5.74) is 5.18. The van der Waals surface area contributed by atoms with Crippen LogP contribution in [0.4, 0.5) is 0 Å². The fourth-order valence-corrected chi connectivity index (χ4v) is 4.55. The zero-order chi connectivity index (χ0) is 21.6. The Morgan fingerprint density at radius 1 is 0.531 bits per heavy atom. The molecule has 0 N–H and O–H groups in total. The number of rotatable bonds is 12. The van der Waals surface area contributed by atoms with Crippen molar-refractivity contribution in [2.24, 2.45) is 11.8 Å². The highest BCUT2D eigenvalue weighted by molar-refractivity contribution is 5.17. The molecule has 2 aromatic carbocycles. The van der Waals surface area contributed by atoms with E-state index in [1.807, 2.05) is 0 Å². The molecule has 166 valence electrons. The fraction of sp³-hybridized carbons (Fsp3) is 0.414. The van der Waals surface area contributed by atoms with Gasteiger partial charge in [-0.2, -0.15) is 0 Å². The summed E-state index contributed by atoms with van der Waals surface area (Å²) in [4.78, 5) is 10.3. The van der Waals surface area contributed by atoms with Crippen molar-refractivity contribution in [3.8, 4) is 0 Å². The van der Waals surface area contributed by atoms with Gasteiger partial charge < -0.3 is 0 Å². The molecule has 0 radical (unpaired) electrons. The number of hydrogen-bond donors (Lipinski definition) is 0. The minimum Gasteiger partial charge on any atom is -0.293 e. The number of pyridine rings is 1. The third-order valence-corrected chi connectivity index (χ3v) is 6.56. The highest BCUT2D eigenvalue weighted by Gasteiger charge is 2.26. The molecule has 3 nitrogen and oxygen atoms in total. The van der Waals surface area contributed by atoms with Crippen LogP contribution in [0.5, 0.6) is 0 Å². The molecule has 2 saturated carbocycles. The Kier molecular flexibility index (Phi) is 6.95. The first-order valence-corrected chi connectivity index (χ1v) is 12.3. The Morgan fingerprint density at radius 2 is 0.969 bits per heavy atom. The third-order valence-electron chi connectivity index (χ3n) is 6.56. The predicted octanol–water partition coefficient (Wildman–Crippen LogP) is 5.91. The van der Waals surface area contributed by atoms with Crippen LogP contribution in [0.2, 0.25) is 0 Å². The summed E-state index contributed by atoms with van der Waals surface area (Å²) in [6.45, 7) is 6.24. The molecule has 2 aliphatic rings. The van der Waals surface area contributed by atoms with Crippen LogP contribution in [-0.4, -0.2) is 27.9 Å². The maximum atomic E-state index is 5.11. The lowest BCUT2D eigenvalue weighted by Crippen LogP contribution is -2.27. The second kappa shape index (κ2) is 10.4. The van der Waals surface area contributed by atoms with Gasteiger partial charge in [-0.3, -0.25) is 14.8 Å². The summed E-state index contributed by atoms with van der Waals surface area (Å²) in [5, 5.41) is 0. The Bertz CT molecular complexity index is 887. The molecule has 2 aliphatic carbocycles. The van der Waals surface area contributed by atoms with Gasteiger partial charge in [-0.05, 0) is 60.8 Å². The van der Waals surface area contributed by atoms with Crippen molar-refractivity contribution in [2.45, 2.75) is 51.9 Å². The largest absolute Gasteiger partial charge is 0.293 e. The van der Waals surface area contributed by atoms with E-state index in [-0.39, 0.29) is 0 Å². The lowest BCUT2D eigenvalue weighted by molar-refractivity contribution is 0.236. The van der Waals surface area contributed by atoms with E-state index in [4.69, 9.17) is 4.98 Å². The molecule has 0 atom stereocenters.